The number of pyridine rings is 1. The van der Waals surface area contributed by atoms with Crippen LogP contribution in [0.15, 0.2) is 24.4 Å². The van der Waals surface area contributed by atoms with Crippen LogP contribution in [0.5, 0.6) is 0 Å². The number of rotatable bonds is 3. The van der Waals surface area contributed by atoms with Crippen molar-refractivity contribution in [1.29, 1.82) is 0 Å². The molecule has 0 radical (unpaired) electrons. The van der Waals surface area contributed by atoms with Crippen LogP contribution in [-0.4, -0.2) is 48.5 Å². The molecule has 4 rings (SSSR count). The standard InChI is InChI=1S/C19H24N6O/c1-4-19(26)9-7-11-25(12-19)18-15-13(2)23-24(3)17(15)21-16(22-18)14-8-5-6-10-20-14/h5-6,8,10,26H,4,7,9,11-12H2,1-3H3. The summed E-state index contributed by atoms with van der Waals surface area (Å²) in [5.41, 5.74) is 1.75. The van der Waals surface area contributed by atoms with Crippen molar-refractivity contribution in [2.45, 2.75) is 38.7 Å². The van der Waals surface area contributed by atoms with Crippen LogP contribution in [0.25, 0.3) is 22.6 Å². The lowest BCUT2D eigenvalue weighted by Crippen LogP contribution is -2.48. The van der Waals surface area contributed by atoms with Gasteiger partial charge in [0.1, 0.15) is 11.5 Å². The zero-order valence-electron chi connectivity index (χ0n) is 15.5. The van der Waals surface area contributed by atoms with Crippen molar-refractivity contribution in [2.75, 3.05) is 18.0 Å². The predicted octanol–water partition coefficient (Wildman–Crippen LogP) is 2.48. The van der Waals surface area contributed by atoms with Gasteiger partial charge in [0.25, 0.3) is 0 Å². The van der Waals surface area contributed by atoms with Crippen LogP contribution < -0.4 is 4.90 Å². The molecule has 0 bridgehead atoms. The number of hydrogen-bond donors (Lipinski definition) is 1. The van der Waals surface area contributed by atoms with E-state index in [0.717, 1.165) is 54.0 Å². The van der Waals surface area contributed by atoms with E-state index in [-0.39, 0.29) is 0 Å². The van der Waals surface area contributed by atoms with Gasteiger partial charge in [0.15, 0.2) is 11.5 Å². The maximum absolute atomic E-state index is 10.8. The maximum atomic E-state index is 10.8. The van der Waals surface area contributed by atoms with E-state index >= 15 is 0 Å². The van der Waals surface area contributed by atoms with Gasteiger partial charge in [-0.3, -0.25) is 9.67 Å². The number of fused-ring (bicyclic) bond motifs is 1. The Bertz CT molecular complexity index is 938. The Morgan fingerprint density at radius 1 is 1.27 bits per heavy atom. The van der Waals surface area contributed by atoms with Gasteiger partial charge in [0.05, 0.1) is 16.7 Å². The van der Waals surface area contributed by atoms with E-state index < -0.39 is 5.60 Å². The lowest BCUT2D eigenvalue weighted by Gasteiger charge is -2.39. The number of piperidine rings is 1. The van der Waals surface area contributed by atoms with Crippen LogP contribution in [0, 0.1) is 6.92 Å². The fraction of sp³-hybridized carbons (Fsp3) is 0.474. The smallest absolute Gasteiger partial charge is 0.182 e. The predicted molar refractivity (Wildman–Crippen MR) is 101 cm³/mol. The summed E-state index contributed by atoms with van der Waals surface area (Å²) in [5.74, 6) is 1.43. The van der Waals surface area contributed by atoms with Gasteiger partial charge in [-0.05, 0) is 38.3 Å². The zero-order valence-corrected chi connectivity index (χ0v) is 15.5. The van der Waals surface area contributed by atoms with Crippen molar-refractivity contribution in [2.24, 2.45) is 7.05 Å². The summed E-state index contributed by atoms with van der Waals surface area (Å²) in [4.78, 5) is 16.2. The Morgan fingerprint density at radius 3 is 2.85 bits per heavy atom. The molecule has 0 aliphatic carbocycles. The number of aryl methyl sites for hydroxylation is 2. The Kier molecular flexibility index (Phi) is 4.11. The fourth-order valence-electron chi connectivity index (χ4n) is 3.74. The van der Waals surface area contributed by atoms with Gasteiger partial charge in [-0.15, -0.1) is 0 Å². The normalized spacial score (nSPS) is 20.7. The van der Waals surface area contributed by atoms with Crippen LogP contribution >= 0.6 is 0 Å². The zero-order chi connectivity index (χ0) is 18.3. The Hall–Kier alpha value is -2.54. The Morgan fingerprint density at radius 2 is 2.12 bits per heavy atom. The van der Waals surface area contributed by atoms with Crippen molar-refractivity contribution in [1.82, 2.24) is 24.7 Å². The molecule has 1 fully saturated rings. The van der Waals surface area contributed by atoms with E-state index in [1.807, 2.05) is 39.1 Å². The first-order chi connectivity index (χ1) is 12.5. The lowest BCUT2D eigenvalue weighted by atomic mass is 9.90. The monoisotopic (exact) mass is 352 g/mol. The first-order valence-electron chi connectivity index (χ1n) is 9.11. The highest BCUT2D eigenvalue weighted by atomic mass is 16.3. The van der Waals surface area contributed by atoms with Crippen LogP contribution in [0.3, 0.4) is 0 Å². The van der Waals surface area contributed by atoms with Crippen molar-refractivity contribution >= 4 is 16.9 Å². The number of hydrogen-bond acceptors (Lipinski definition) is 6. The largest absolute Gasteiger partial charge is 0.388 e. The summed E-state index contributed by atoms with van der Waals surface area (Å²) in [5, 5.41) is 16.3. The molecule has 0 saturated carbocycles. The third kappa shape index (κ3) is 2.82. The molecule has 26 heavy (non-hydrogen) atoms. The minimum atomic E-state index is -0.670. The summed E-state index contributed by atoms with van der Waals surface area (Å²) in [7, 11) is 1.90. The summed E-state index contributed by atoms with van der Waals surface area (Å²) >= 11 is 0. The van der Waals surface area contributed by atoms with E-state index in [1.165, 1.54) is 0 Å². The second-order valence-electron chi connectivity index (χ2n) is 7.10. The summed E-state index contributed by atoms with van der Waals surface area (Å²) in [6, 6.07) is 5.72. The SMILES string of the molecule is CCC1(O)CCCN(c2nc(-c3ccccn3)nc3c2c(C)nn3C)C1. The number of aromatic nitrogens is 5. The average Bonchev–Trinajstić information content (AvgIpc) is 2.96. The number of nitrogens with zero attached hydrogens (tertiary/aromatic N) is 6. The van der Waals surface area contributed by atoms with Crippen LogP contribution in [-0.2, 0) is 7.05 Å². The first-order valence-corrected chi connectivity index (χ1v) is 9.11. The number of aliphatic hydroxyl groups is 1. The van der Waals surface area contributed by atoms with Gasteiger partial charge in [-0.2, -0.15) is 5.10 Å². The average molecular weight is 352 g/mol. The quantitative estimate of drug-likeness (QED) is 0.780. The summed E-state index contributed by atoms with van der Waals surface area (Å²) in [6.07, 6.45) is 4.24. The molecular formula is C19H24N6O. The molecular weight excluding hydrogens is 328 g/mol. The highest BCUT2D eigenvalue weighted by Gasteiger charge is 2.33. The van der Waals surface area contributed by atoms with Crippen molar-refractivity contribution in [3.63, 3.8) is 0 Å². The molecule has 1 saturated heterocycles. The molecule has 7 heteroatoms. The molecule has 1 atom stereocenters. The highest BCUT2D eigenvalue weighted by molar-refractivity contribution is 5.91. The van der Waals surface area contributed by atoms with Crippen LogP contribution in [0.2, 0.25) is 0 Å². The van der Waals surface area contributed by atoms with E-state index in [4.69, 9.17) is 9.97 Å². The number of anilines is 1. The van der Waals surface area contributed by atoms with Gasteiger partial charge in [0.2, 0.25) is 0 Å². The molecule has 136 valence electrons. The van der Waals surface area contributed by atoms with Gasteiger partial charge >= 0.3 is 0 Å². The van der Waals surface area contributed by atoms with Crippen LogP contribution in [0.4, 0.5) is 5.82 Å². The lowest BCUT2D eigenvalue weighted by molar-refractivity contribution is 0.0222. The summed E-state index contributed by atoms with van der Waals surface area (Å²) < 4.78 is 1.79. The van der Waals surface area contributed by atoms with E-state index in [2.05, 4.69) is 15.0 Å². The highest BCUT2D eigenvalue weighted by Crippen LogP contribution is 2.33. The topological polar surface area (TPSA) is 80.0 Å². The van der Waals surface area contributed by atoms with E-state index in [1.54, 1.807) is 10.9 Å². The second kappa shape index (κ2) is 6.32. The molecule has 1 unspecified atom stereocenters. The molecule has 0 aromatic carbocycles. The second-order valence-corrected chi connectivity index (χ2v) is 7.10. The fourth-order valence-corrected chi connectivity index (χ4v) is 3.74. The van der Waals surface area contributed by atoms with Crippen molar-refractivity contribution in [3.05, 3.63) is 30.1 Å². The Labute approximate surface area is 152 Å². The minimum absolute atomic E-state index is 0.575. The molecule has 1 aliphatic rings. The third-order valence-corrected chi connectivity index (χ3v) is 5.25. The van der Waals surface area contributed by atoms with Crippen molar-refractivity contribution < 1.29 is 5.11 Å². The molecule has 3 aromatic heterocycles. The van der Waals surface area contributed by atoms with E-state index in [0.29, 0.717) is 12.4 Å². The van der Waals surface area contributed by atoms with Gasteiger partial charge in [-0.1, -0.05) is 13.0 Å². The van der Waals surface area contributed by atoms with Gasteiger partial charge < -0.3 is 10.0 Å². The number of β-amino-alcohol motifs (C(OH)–C–C–N with tert-alkyl or cyclic N) is 1. The maximum Gasteiger partial charge on any atom is 0.182 e. The molecule has 0 spiro atoms. The first kappa shape index (κ1) is 16.9. The van der Waals surface area contributed by atoms with E-state index in [9.17, 15) is 5.11 Å². The molecule has 1 N–H and O–H groups in total. The Balaban J connectivity index is 1.90. The van der Waals surface area contributed by atoms with Crippen molar-refractivity contribution in [3.8, 4) is 11.5 Å². The van der Waals surface area contributed by atoms with Crippen LogP contribution in [0.1, 0.15) is 31.9 Å². The minimum Gasteiger partial charge on any atom is -0.388 e. The molecule has 4 heterocycles. The molecule has 1 aliphatic heterocycles. The molecule has 0 amide bonds. The molecule has 3 aromatic rings. The molecule has 7 nitrogen and oxygen atoms in total. The van der Waals surface area contributed by atoms with Gasteiger partial charge in [0, 0.05) is 26.3 Å². The summed E-state index contributed by atoms with van der Waals surface area (Å²) in [6.45, 7) is 5.45. The van der Waals surface area contributed by atoms with Gasteiger partial charge in [-0.25, -0.2) is 9.97 Å². The third-order valence-electron chi connectivity index (χ3n) is 5.25.